The second kappa shape index (κ2) is 4.72. The predicted molar refractivity (Wildman–Crippen MR) is 53.2 cm³/mol. The van der Waals surface area contributed by atoms with Crippen LogP contribution in [0.25, 0.3) is 0 Å². The van der Waals surface area contributed by atoms with Crippen LogP contribution in [0.5, 0.6) is 0 Å². The van der Waals surface area contributed by atoms with E-state index >= 15 is 0 Å². The van der Waals surface area contributed by atoms with Crippen LogP contribution < -0.4 is 5.32 Å². The lowest BCUT2D eigenvalue weighted by molar-refractivity contribution is 0.0186. The highest BCUT2D eigenvalue weighted by molar-refractivity contribution is 4.87. The van der Waals surface area contributed by atoms with Crippen molar-refractivity contribution < 1.29 is 13.5 Å². The molecule has 2 heterocycles. The van der Waals surface area contributed by atoms with Crippen molar-refractivity contribution in [3.63, 3.8) is 0 Å². The minimum Gasteiger partial charge on any atom is -0.379 e. The van der Waals surface area contributed by atoms with Crippen molar-refractivity contribution in [3.05, 3.63) is 0 Å². The van der Waals surface area contributed by atoms with Gasteiger partial charge in [-0.3, -0.25) is 4.90 Å². The van der Waals surface area contributed by atoms with Crippen molar-refractivity contribution >= 4 is 0 Å². The molecule has 5 heteroatoms. The topological polar surface area (TPSA) is 24.5 Å². The molecule has 0 bridgehead atoms. The lowest BCUT2D eigenvalue weighted by atomic mass is 10.1. The van der Waals surface area contributed by atoms with Crippen LogP contribution >= 0.6 is 0 Å². The Kier molecular flexibility index (Phi) is 3.53. The predicted octanol–water partition coefficient (Wildman–Crippen LogP) is 0.706. The molecular formula is C10H18F2N2O. The van der Waals surface area contributed by atoms with E-state index in [9.17, 15) is 8.78 Å². The molecule has 0 spiro atoms. The molecule has 2 fully saturated rings. The first-order valence-electron chi connectivity index (χ1n) is 5.57. The summed E-state index contributed by atoms with van der Waals surface area (Å²) < 4.78 is 31.0. The van der Waals surface area contributed by atoms with E-state index in [-0.39, 0.29) is 19.0 Å². The molecule has 0 amide bonds. The third-order valence-corrected chi connectivity index (χ3v) is 3.09. The summed E-state index contributed by atoms with van der Waals surface area (Å²) in [5.74, 6) is -2.49. The summed E-state index contributed by atoms with van der Waals surface area (Å²) in [5.41, 5.74) is 0. The molecule has 2 aliphatic rings. The number of ether oxygens (including phenoxy) is 1. The number of morpholine rings is 1. The van der Waals surface area contributed by atoms with E-state index in [2.05, 4.69) is 10.2 Å². The Bertz CT molecular complexity index is 208. The molecule has 1 N–H and O–H groups in total. The van der Waals surface area contributed by atoms with Crippen LogP contribution in [0.15, 0.2) is 0 Å². The second-order valence-electron chi connectivity index (χ2n) is 4.38. The molecular weight excluding hydrogens is 202 g/mol. The van der Waals surface area contributed by atoms with Gasteiger partial charge in [0.25, 0.3) is 5.92 Å². The second-order valence-corrected chi connectivity index (χ2v) is 4.38. The van der Waals surface area contributed by atoms with Crippen LogP contribution in [-0.2, 0) is 4.74 Å². The normalized spacial score (nSPS) is 32.0. The highest BCUT2D eigenvalue weighted by Crippen LogP contribution is 2.26. The molecule has 0 unspecified atom stereocenters. The van der Waals surface area contributed by atoms with E-state index in [0.717, 1.165) is 39.3 Å². The third kappa shape index (κ3) is 3.36. The Morgan fingerprint density at radius 3 is 2.67 bits per heavy atom. The zero-order valence-electron chi connectivity index (χ0n) is 8.85. The van der Waals surface area contributed by atoms with Gasteiger partial charge >= 0.3 is 0 Å². The molecule has 2 aliphatic heterocycles. The van der Waals surface area contributed by atoms with Gasteiger partial charge in [0.15, 0.2) is 0 Å². The summed E-state index contributed by atoms with van der Waals surface area (Å²) in [6.45, 7) is 4.16. The summed E-state index contributed by atoms with van der Waals surface area (Å²) >= 11 is 0. The Balaban J connectivity index is 1.65. The van der Waals surface area contributed by atoms with Crippen LogP contribution in [0, 0.1) is 0 Å². The molecule has 15 heavy (non-hydrogen) atoms. The number of rotatable bonds is 3. The first-order chi connectivity index (χ1) is 7.16. The number of hydrogen-bond acceptors (Lipinski definition) is 3. The van der Waals surface area contributed by atoms with Gasteiger partial charge in [-0.2, -0.15) is 0 Å². The van der Waals surface area contributed by atoms with Gasteiger partial charge in [0.05, 0.1) is 19.8 Å². The Morgan fingerprint density at radius 1 is 1.33 bits per heavy atom. The van der Waals surface area contributed by atoms with Crippen LogP contribution in [-0.4, -0.2) is 56.3 Å². The Labute approximate surface area is 88.8 Å². The fraction of sp³-hybridized carbons (Fsp3) is 1.00. The maximum absolute atomic E-state index is 12.9. The van der Waals surface area contributed by atoms with Crippen molar-refractivity contribution in [3.8, 4) is 0 Å². The third-order valence-electron chi connectivity index (χ3n) is 3.09. The molecule has 0 saturated carbocycles. The summed E-state index contributed by atoms with van der Waals surface area (Å²) in [4.78, 5) is 2.28. The van der Waals surface area contributed by atoms with Crippen molar-refractivity contribution in [2.75, 3.05) is 39.4 Å². The van der Waals surface area contributed by atoms with Crippen molar-refractivity contribution in [1.82, 2.24) is 10.2 Å². The van der Waals surface area contributed by atoms with E-state index in [0.29, 0.717) is 0 Å². The number of hydrogen-bond donors (Lipinski definition) is 1. The highest BCUT2D eigenvalue weighted by Gasteiger charge is 2.38. The Morgan fingerprint density at radius 2 is 2.07 bits per heavy atom. The van der Waals surface area contributed by atoms with E-state index < -0.39 is 5.92 Å². The molecule has 3 nitrogen and oxygen atoms in total. The van der Waals surface area contributed by atoms with Gasteiger partial charge < -0.3 is 10.1 Å². The largest absolute Gasteiger partial charge is 0.379 e. The molecule has 88 valence electrons. The van der Waals surface area contributed by atoms with Gasteiger partial charge in [0.2, 0.25) is 0 Å². The van der Waals surface area contributed by atoms with E-state index in [1.165, 1.54) is 0 Å². The number of halogens is 2. The number of nitrogens with zero attached hydrogens (tertiary/aromatic N) is 1. The average molecular weight is 220 g/mol. The fourth-order valence-corrected chi connectivity index (χ4v) is 2.17. The zero-order valence-corrected chi connectivity index (χ0v) is 8.85. The van der Waals surface area contributed by atoms with Crippen molar-refractivity contribution in [2.24, 2.45) is 0 Å². The molecule has 1 atom stereocenters. The van der Waals surface area contributed by atoms with Crippen molar-refractivity contribution in [2.45, 2.75) is 24.8 Å². The first kappa shape index (κ1) is 11.2. The number of alkyl halides is 2. The molecule has 0 aromatic heterocycles. The van der Waals surface area contributed by atoms with Gasteiger partial charge in [0.1, 0.15) is 0 Å². The van der Waals surface area contributed by atoms with Crippen LogP contribution in [0.1, 0.15) is 12.8 Å². The average Bonchev–Trinajstić information content (AvgIpc) is 2.57. The van der Waals surface area contributed by atoms with Crippen LogP contribution in [0.3, 0.4) is 0 Å². The standard InChI is InChI=1S/C10H18F2N2O/c11-10(12)7-9(13-8-10)1-2-14-3-5-15-6-4-14/h9,13H,1-8H2/t9-/m1/s1. The van der Waals surface area contributed by atoms with Gasteiger partial charge in [-0.15, -0.1) is 0 Å². The van der Waals surface area contributed by atoms with Gasteiger partial charge in [-0.1, -0.05) is 0 Å². The van der Waals surface area contributed by atoms with E-state index in [4.69, 9.17) is 4.74 Å². The fourth-order valence-electron chi connectivity index (χ4n) is 2.17. The molecule has 0 aromatic rings. The molecule has 0 radical (unpaired) electrons. The lowest BCUT2D eigenvalue weighted by Crippen LogP contribution is -2.38. The summed E-state index contributed by atoms with van der Waals surface area (Å²) in [7, 11) is 0. The van der Waals surface area contributed by atoms with Gasteiger partial charge in [-0.05, 0) is 13.0 Å². The van der Waals surface area contributed by atoms with Gasteiger partial charge in [0, 0.05) is 25.6 Å². The number of nitrogens with one attached hydrogen (secondary N) is 1. The van der Waals surface area contributed by atoms with Crippen LogP contribution in [0.2, 0.25) is 0 Å². The smallest absolute Gasteiger partial charge is 0.261 e. The minimum atomic E-state index is -2.49. The van der Waals surface area contributed by atoms with Gasteiger partial charge in [-0.25, -0.2) is 8.78 Å². The summed E-state index contributed by atoms with van der Waals surface area (Å²) in [6, 6.07) is -0.0113. The quantitative estimate of drug-likeness (QED) is 0.758. The van der Waals surface area contributed by atoms with E-state index in [1.807, 2.05) is 0 Å². The first-order valence-corrected chi connectivity index (χ1v) is 5.57. The lowest BCUT2D eigenvalue weighted by Gasteiger charge is -2.27. The van der Waals surface area contributed by atoms with Crippen LogP contribution in [0.4, 0.5) is 8.78 Å². The molecule has 0 aromatic carbocycles. The summed E-state index contributed by atoms with van der Waals surface area (Å²) in [5, 5.41) is 2.88. The maximum atomic E-state index is 12.9. The highest BCUT2D eigenvalue weighted by atomic mass is 19.3. The zero-order chi connectivity index (χ0) is 10.7. The minimum absolute atomic E-state index is 0.00264. The maximum Gasteiger partial charge on any atom is 0.261 e. The molecule has 0 aliphatic carbocycles. The molecule has 2 saturated heterocycles. The Hall–Kier alpha value is -0.260. The van der Waals surface area contributed by atoms with E-state index in [1.54, 1.807) is 0 Å². The monoisotopic (exact) mass is 220 g/mol. The summed E-state index contributed by atoms with van der Waals surface area (Å²) in [6.07, 6.45) is 0.812. The van der Waals surface area contributed by atoms with Crippen molar-refractivity contribution in [1.29, 1.82) is 0 Å². The SMILES string of the molecule is FC1(F)CN[C@H](CCN2CCOCC2)C1. The molecule has 2 rings (SSSR count).